The molecule has 2 fully saturated rings. The van der Waals surface area contributed by atoms with Gasteiger partial charge in [0.05, 0.1) is 6.04 Å². The van der Waals surface area contributed by atoms with E-state index in [4.69, 9.17) is 0 Å². The number of carbonyl (C=O) groups is 1. The molecular weight excluding hydrogens is 329 g/mol. The summed E-state index contributed by atoms with van der Waals surface area (Å²) in [6, 6.07) is 9.35. The van der Waals surface area contributed by atoms with E-state index >= 15 is 0 Å². The number of hydrogen-bond acceptors (Lipinski definition) is 3. The molecular formula is C21H24FN3O. The van der Waals surface area contributed by atoms with Crippen molar-refractivity contribution in [2.75, 3.05) is 6.54 Å². The van der Waals surface area contributed by atoms with Crippen LogP contribution in [0.15, 0.2) is 42.7 Å². The maximum Gasteiger partial charge on any atom is 0.223 e. The topological polar surface area (TPSA) is 45.2 Å². The molecule has 1 aromatic heterocycles. The summed E-state index contributed by atoms with van der Waals surface area (Å²) in [5.74, 6) is 0.243. The second-order valence-corrected chi connectivity index (χ2v) is 7.43. The molecule has 136 valence electrons. The number of hydrogen-bond donors (Lipinski definition) is 1. The number of halogens is 1. The normalized spacial score (nSPS) is 22.8. The van der Waals surface area contributed by atoms with Crippen molar-refractivity contribution in [1.82, 2.24) is 15.2 Å². The minimum Gasteiger partial charge on any atom is -0.332 e. The molecule has 4 nitrogen and oxygen atoms in total. The van der Waals surface area contributed by atoms with Crippen LogP contribution in [0.2, 0.25) is 0 Å². The zero-order chi connectivity index (χ0) is 18.1. The van der Waals surface area contributed by atoms with Crippen LogP contribution in [0, 0.1) is 18.7 Å². The van der Waals surface area contributed by atoms with E-state index in [9.17, 15) is 9.18 Å². The average Bonchev–Trinajstić information content (AvgIpc) is 3.42. The predicted octanol–water partition coefficient (Wildman–Crippen LogP) is 3.37. The third-order valence-corrected chi connectivity index (χ3v) is 5.47. The summed E-state index contributed by atoms with van der Waals surface area (Å²) in [5.41, 5.74) is 3.15. The van der Waals surface area contributed by atoms with E-state index in [2.05, 4.69) is 21.3 Å². The quantitative estimate of drug-likeness (QED) is 0.866. The molecule has 1 amide bonds. The van der Waals surface area contributed by atoms with Crippen molar-refractivity contribution < 1.29 is 9.18 Å². The van der Waals surface area contributed by atoms with Crippen molar-refractivity contribution in [1.29, 1.82) is 0 Å². The Labute approximate surface area is 153 Å². The molecule has 0 radical (unpaired) electrons. The Hall–Kier alpha value is -2.27. The van der Waals surface area contributed by atoms with Gasteiger partial charge >= 0.3 is 0 Å². The minimum atomic E-state index is -0.211. The summed E-state index contributed by atoms with van der Waals surface area (Å²) in [5, 5.41) is 3.45. The summed E-state index contributed by atoms with van der Waals surface area (Å²) in [6.07, 6.45) is 6.41. The maximum atomic E-state index is 13.5. The van der Waals surface area contributed by atoms with E-state index in [1.165, 1.54) is 6.07 Å². The number of nitrogens with zero attached hydrogens (tertiary/aromatic N) is 2. The smallest absolute Gasteiger partial charge is 0.223 e. The van der Waals surface area contributed by atoms with E-state index < -0.39 is 0 Å². The van der Waals surface area contributed by atoms with Crippen LogP contribution in [0.4, 0.5) is 4.39 Å². The lowest BCUT2D eigenvalue weighted by Crippen LogP contribution is -2.33. The number of nitrogens with one attached hydrogen (secondary N) is 1. The fourth-order valence-corrected chi connectivity index (χ4v) is 4.00. The summed E-state index contributed by atoms with van der Waals surface area (Å²) >= 11 is 0. The van der Waals surface area contributed by atoms with Crippen LogP contribution in [-0.4, -0.2) is 28.4 Å². The Balaban J connectivity index is 1.47. The first-order valence-electron chi connectivity index (χ1n) is 9.30. The lowest BCUT2D eigenvalue weighted by atomic mass is 9.94. The molecule has 2 aromatic rings. The summed E-state index contributed by atoms with van der Waals surface area (Å²) < 4.78 is 13.5. The highest BCUT2D eigenvalue weighted by molar-refractivity contribution is 5.80. The molecule has 2 heterocycles. The predicted molar refractivity (Wildman–Crippen MR) is 97.8 cm³/mol. The highest BCUT2D eigenvalue weighted by atomic mass is 19.1. The van der Waals surface area contributed by atoms with Crippen LogP contribution in [0.3, 0.4) is 0 Å². The van der Waals surface area contributed by atoms with Gasteiger partial charge in [-0.15, -0.1) is 0 Å². The van der Waals surface area contributed by atoms with Crippen LogP contribution >= 0.6 is 0 Å². The van der Waals surface area contributed by atoms with Crippen molar-refractivity contribution >= 4 is 5.91 Å². The summed E-state index contributed by atoms with van der Waals surface area (Å²) in [7, 11) is 0. The SMILES string of the molecule is Cc1ccc(F)cc1CNC[C@@H]1CC(=O)N(C2CC2)[C@H]1c1cccnc1. The third-order valence-electron chi connectivity index (χ3n) is 5.47. The molecule has 26 heavy (non-hydrogen) atoms. The number of aryl methyl sites for hydroxylation is 1. The molecule has 1 aromatic carbocycles. The first-order valence-corrected chi connectivity index (χ1v) is 9.30. The molecule has 1 aliphatic carbocycles. The van der Waals surface area contributed by atoms with E-state index in [1.807, 2.05) is 19.2 Å². The molecule has 0 bridgehead atoms. The van der Waals surface area contributed by atoms with E-state index in [0.29, 0.717) is 19.0 Å². The fourth-order valence-electron chi connectivity index (χ4n) is 4.00. The van der Waals surface area contributed by atoms with Gasteiger partial charge in [-0.3, -0.25) is 9.78 Å². The molecule has 0 unspecified atom stereocenters. The highest BCUT2D eigenvalue weighted by Crippen LogP contribution is 2.44. The zero-order valence-electron chi connectivity index (χ0n) is 15.0. The summed E-state index contributed by atoms with van der Waals surface area (Å²) in [4.78, 5) is 18.9. The van der Waals surface area contributed by atoms with Gasteiger partial charge in [-0.2, -0.15) is 0 Å². The van der Waals surface area contributed by atoms with Crippen LogP contribution in [0.1, 0.15) is 42.0 Å². The number of amides is 1. The molecule has 1 saturated carbocycles. The number of likely N-dealkylation sites (tertiary alicyclic amines) is 1. The Bertz CT molecular complexity index is 791. The van der Waals surface area contributed by atoms with Crippen LogP contribution in [-0.2, 0) is 11.3 Å². The van der Waals surface area contributed by atoms with Crippen LogP contribution < -0.4 is 5.32 Å². The maximum absolute atomic E-state index is 13.5. The van der Waals surface area contributed by atoms with Gasteiger partial charge in [0.25, 0.3) is 0 Å². The van der Waals surface area contributed by atoms with Crippen molar-refractivity contribution in [3.8, 4) is 0 Å². The first-order chi connectivity index (χ1) is 12.6. The molecule has 4 rings (SSSR count). The average molecular weight is 353 g/mol. The monoisotopic (exact) mass is 353 g/mol. The Morgan fingerprint density at radius 1 is 1.31 bits per heavy atom. The van der Waals surface area contributed by atoms with Gasteiger partial charge in [0.15, 0.2) is 0 Å². The first kappa shape index (κ1) is 17.2. The number of rotatable bonds is 6. The highest BCUT2D eigenvalue weighted by Gasteiger charge is 2.46. The fraction of sp³-hybridized carbons (Fsp3) is 0.429. The van der Waals surface area contributed by atoms with E-state index in [1.54, 1.807) is 18.3 Å². The van der Waals surface area contributed by atoms with Crippen molar-refractivity contribution in [3.63, 3.8) is 0 Å². The second kappa shape index (κ2) is 7.16. The molecule has 1 saturated heterocycles. The number of pyridine rings is 1. The van der Waals surface area contributed by atoms with Crippen LogP contribution in [0.25, 0.3) is 0 Å². The third kappa shape index (κ3) is 3.49. The minimum absolute atomic E-state index is 0.0878. The Morgan fingerprint density at radius 2 is 2.15 bits per heavy atom. The second-order valence-electron chi connectivity index (χ2n) is 7.43. The van der Waals surface area contributed by atoms with Gasteiger partial charge in [0, 0.05) is 43.9 Å². The standard InChI is InChI=1S/C21H24FN3O/c1-14-4-5-18(22)9-16(14)12-24-13-17-10-20(26)25(19-6-7-19)21(17)15-3-2-8-23-11-15/h2-5,8-9,11,17,19,21,24H,6-7,10,12-13H2,1H3/t17-,21-/m0/s1. The lowest BCUT2D eigenvalue weighted by Gasteiger charge is -2.28. The lowest BCUT2D eigenvalue weighted by molar-refractivity contribution is -0.129. The van der Waals surface area contributed by atoms with Crippen molar-refractivity contribution in [2.45, 2.75) is 44.8 Å². The molecule has 1 N–H and O–H groups in total. The van der Waals surface area contributed by atoms with Crippen molar-refractivity contribution in [3.05, 3.63) is 65.2 Å². The molecule has 2 aliphatic rings. The Morgan fingerprint density at radius 3 is 2.88 bits per heavy atom. The van der Waals surface area contributed by atoms with Crippen molar-refractivity contribution in [2.24, 2.45) is 5.92 Å². The molecule has 1 aliphatic heterocycles. The van der Waals surface area contributed by atoms with Gasteiger partial charge in [-0.25, -0.2) is 4.39 Å². The van der Waals surface area contributed by atoms with Gasteiger partial charge < -0.3 is 10.2 Å². The Kier molecular flexibility index (Phi) is 4.72. The molecule has 0 spiro atoms. The molecule has 2 atom stereocenters. The van der Waals surface area contributed by atoms with E-state index in [0.717, 1.165) is 36.1 Å². The van der Waals surface area contributed by atoms with Gasteiger partial charge in [0.1, 0.15) is 5.82 Å². The van der Waals surface area contributed by atoms with E-state index in [-0.39, 0.29) is 23.7 Å². The van der Waals surface area contributed by atoms with Gasteiger partial charge in [-0.05, 0) is 54.7 Å². The number of carbonyl (C=O) groups excluding carboxylic acids is 1. The number of benzene rings is 1. The number of aromatic nitrogens is 1. The van der Waals surface area contributed by atoms with Gasteiger partial charge in [-0.1, -0.05) is 12.1 Å². The van der Waals surface area contributed by atoms with Crippen LogP contribution in [0.5, 0.6) is 0 Å². The zero-order valence-corrected chi connectivity index (χ0v) is 15.0. The largest absolute Gasteiger partial charge is 0.332 e. The molecule has 5 heteroatoms. The summed E-state index contributed by atoms with van der Waals surface area (Å²) in [6.45, 7) is 3.32. The van der Waals surface area contributed by atoms with Gasteiger partial charge in [0.2, 0.25) is 5.91 Å².